The van der Waals surface area contributed by atoms with Crippen molar-refractivity contribution in [1.29, 1.82) is 0 Å². The van der Waals surface area contributed by atoms with Gasteiger partial charge in [0.1, 0.15) is 6.61 Å². The van der Waals surface area contributed by atoms with Crippen molar-refractivity contribution < 1.29 is 19.4 Å². The predicted octanol–water partition coefficient (Wildman–Crippen LogP) is 2.98. The number of carboxylic acid groups (broad SMARTS) is 1. The predicted molar refractivity (Wildman–Crippen MR) is 93.9 cm³/mol. The highest BCUT2D eigenvalue weighted by atomic mass is 16.5. The number of amides is 1. The molecule has 2 rings (SSSR count). The summed E-state index contributed by atoms with van der Waals surface area (Å²) in [6, 6.07) is 16.5. The van der Waals surface area contributed by atoms with Gasteiger partial charge in [-0.05, 0) is 23.3 Å². The average Bonchev–Trinajstić information content (AvgIpc) is 2.61. The first-order chi connectivity index (χ1) is 12.1. The van der Waals surface area contributed by atoms with Gasteiger partial charge in [0.05, 0.1) is 6.42 Å². The van der Waals surface area contributed by atoms with Crippen molar-refractivity contribution in [2.75, 3.05) is 6.54 Å². The van der Waals surface area contributed by atoms with Crippen LogP contribution in [-0.2, 0) is 22.6 Å². The summed E-state index contributed by atoms with van der Waals surface area (Å²) in [5.41, 5.74) is 2.48. The van der Waals surface area contributed by atoms with Gasteiger partial charge in [-0.2, -0.15) is 0 Å². The quantitative estimate of drug-likeness (QED) is 0.628. The lowest BCUT2D eigenvalue weighted by molar-refractivity contribution is -0.136. The molecule has 0 aliphatic heterocycles. The number of aliphatic carboxylic acids is 1. The highest BCUT2D eigenvalue weighted by Crippen LogP contribution is 2.04. The first-order valence-electron chi connectivity index (χ1n) is 7.87. The van der Waals surface area contributed by atoms with Gasteiger partial charge in [-0.3, -0.25) is 4.79 Å². The third-order valence-corrected chi connectivity index (χ3v) is 3.27. The Kier molecular flexibility index (Phi) is 7.08. The number of hydrogen-bond donors (Lipinski definition) is 2. The molecule has 0 spiro atoms. The van der Waals surface area contributed by atoms with E-state index in [9.17, 15) is 9.59 Å². The zero-order valence-corrected chi connectivity index (χ0v) is 13.7. The Hall–Kier alpha value is -3.26. The van der Waals surface area contributed by atoms with Crippen LogP contribution in [0.5, 0.6) is 0 Å². The summed E-state index contributed by atoms with van der Waals surface area (Å²) in [4.78, 5) is 22.2. The number of rotatable bonds is 6. The maximum Gasteiger partial charge on any atom is 0.407 e. The Morgan fingerprint density at radius 2 is 1.72 bits per heavy atom. The first kappa shape index (κ1) is 18.1. The maximum absolute atomic E-state index is 11.5. The molecule has 128 valence electrons. The van der Waals surface area contributed by atoms with Crippen LogP contribution in [0.25, 0.3) is 0 Å². The number of nitrogens with one attached hydrogen (secondary N) is 1. The third-order valence-electron chi connectivity index (χ3n) is 3.27. The molecule has 0 aromatic heterocycles. The molecule has 1 amide bonds. The highest BCUT2D eigenvalue weighted by Gasteiger charge is 2.01. The van der Waals surface area contributed by atoms with Crippen molar-refractivity contribution >= 4 is 12.1 Å². The van der Waals surface area contributed by atoms with Crippen molar-refractivity contribution in [1.82, 2.24) is 5.32 Å². The Bertz CT molecular complexity index is 758. The molecule has 2 aromatic rings. The van der Waals surface area contributed by atoms with Crippen molar-refractivity contribution in [3.05, 3.63) is 71.3 Å². The molecule has 0 bridgehead atoms. The van der Waals surface area contributed by atoms with Crippen LogP contribution in [0.1, 0.15) is 23.1 Å². The van der Waals surface area contributed by atoms with Crippen LogP contribution >= 0.6 is 0 Å². The van der Waals surface area contributed by atoms with Crippen molar-refractivity contribution in [3.63, 3.8) is 0 Å². The molecule has 5 nitrogen and oxygen atoms in total. The van der Waals surface area contributed by atoms with Crippen LogP contribution in [0.15, 0.2) is 54.6 Å². The van der Waals surface area contributed by atoms with Crippen LogP contribution in [-0.4, -0.2) is 23.7 Å². The summed E-state index contributed by atoms with van der Waals surface area (Å²) in [7, 11) is 0. The molecule has 2 N–H and O–H groups in total. The van der Waals surface area contributed by atoms with E-state index in [-0.39, 0.29) is 13.0 Å². The average molecular weight is 337 g/mol. The largest absolute Gasteiger partial charge is 0.481 e. The van der Waals surface area contributed by atoms with Gasteiger partial charge in [0.15, 0.2) is 0 Å². The summed E-state index contributed by atoms with van der Waals surface area (Å²) in [5.74, 6) is 5.06. The molecule has 0 unspecified atom stereocenters. The molecule has 0 aliphatic carbocycles. The van der Waals surface area contributed by atoms with E-state index in [0.717, 1.165) is 16.7 Å². The number of alkyl carbamates (subject to hydrolysis) is 1. The molecule has 0 fully saturated rings. The fourth-order valence-corrected chi connectivity index (χ4v) is 2.05. The minimum Gasteiger partial charge on any atom is -0.481 e. The zero-order valence-electron chi connectivity index (χ0n) is 13.7. The number of carboxylic acids is 1. The van der Waals surface area contributed by atoms with Gasteiger partial charge in [0, 0.05) is 18.5 Å². The van der Waals surface area contributed by atoms with Crippen LogP contribution < -0.4 is 5.32 Å². The topological polar surface area (TPSA) is 75.6 Å². The molecule has 0 heterocycles. The molecular formula is C20H19NO4. The van der Waals surface area contributed by atoms with Gasteiger partial charge < -0.3 is 15.2 Å². The lowest BCUT2D eigenvalue weighted by atomic mass is 10.1. The number of hydrogen-bond acceptors (Lipinski definition) is 3. The fraction of sp³-hybridized carbons (Fsp3) is 0.200. The summed E-state index contributed by atoms with van der Waals surface area (Å²) >= 11 is 0. The van der Waals surface area contributed by atoms with E-state index in [1.54, 1.807) is 24.3 Å². The second kappa shape index (κ2) is 9.78. The summed E-state index contributed by atoms with van der Waals surface area (Å²) in [5, 5.41) is 11.4. The number of carbonyl (C=O) groups is 2. The zero-order chi connectivity index (χ0) is 17.9. The van der Waals surface area contributed by atoms with Gasteiger partial charge in [0.2, 0.25) is 0 Å². The number of benzene rings is 2. The molecule has 0 atom stereocenters. The van der Waals surface area contributed by atoms with E-state index in [0.29, 0.717) is 13.0 Å². The highest BCUT2D eigenvalue weighted by molar-refractivity contribution is 5.70. The second-order valence-corrected chi connectivity index (χ2v) is 5.31. The smallest absolute Gasteiger partial charge is 0.407 e. The summed E-state index contributed by atoms with van der Waals surface area (Å²) in [6.07, 6.45) is 0.0312. The van der Waals surface area contributed by atoms with E-state index in [1.807, 2.05) is 30.3 Å². The lowest BCUT2D eigenvalue weighted by Gasteiger charge is -2.05. The molecule has 5 heteroatoms. The Morgan fingerprint density at radius 1 is 1.00 bits per heavy atom. The van der Waals surface area contributed by atoms with E-state index in [4.69, 9.17) is 9.84 Å². The minimum absolute atomic E-state index is 0.00270. The van der Waals surface area contributed by atoms with Crippen LogP contribution in [0.2, 0.25) is 0 Å². The Balaban J connectivity index is 1.66. The van der Waals surface area contributed by atoms with E-state index >= 15 is 0 Å². The standard InChI is InChI=1S/C20H19NO4/c22-19(23)14-17-11-9-16(10-12-17)6-4-5-13-21-20(24)25-15-18-7-2-1-3-8-18/h1-3,7-12H,5,13-15H2,(H,21,24)(H,22,23). The summed E-state index contributed by atoms with van der Waals surface area (Å²) in [6.45, 7) is 0.638. The van der Waals surface area contributed by atoms with Gasteiger partial charge >= 0.3 is 12.1 Å². The van der Waals surface area contributed by atoms with Gasteiger partial charge in [-0.15, -0.1) is 0 Å². The molecule has 0 saturated heterocycles. The summed E-state index contributed by atoms with van der Waals surface area (Å²) < 4.78 is 5.09. The second-order valence-electron chi connectivity index (χ2n) is 5.31. The number of ether oxygens (including phenoxy) is 1. The van der Waals surface area contributed by atoms with E-state index in [2.05, 4.69) is 17.2 Å². The Morgan fingerprint density at radius 3 is 2.40 bits per heavy atom. The van der Waals surface area contributed by atoms with E-state index < -0.39 is 12.1 Å². The normalized spacial score (nSPS) is 9.60. The Labute approximate surface area is 146 Å². The lowest BCUT2D eigenvalue weighted by Crippen LogP contribution is -2.24. The monoisotopic (exact) mass is 337 g/mol. The molecular weight excluding hydrogens is 318 g/mol. The molecule has 25 heavy (non-hydrogen) atoms. The third kappa shape index (κ3) is 7.23. The maximum atomic E-state index is 11.5. The van der Waals surface area contributed by atoms with Gasteiger partial charge in [0.25, 0.3) is 0 Å². The van der Waals surface area contributed by atoms with E-state index in [1.165, 1.54) is 0 Å². The van der Waals surface area contributed by atoms with Gasteiger partial charge in [-0.25, -0.2) is 4.79 Å². The first-order valence-corrected chi connectivity index (χ1v) is 7.87. The van der Waals surface area contributed by atoms with Crippen LogP contribution in [0, 0.1) is 11.8 Å². The molecule has 0 saturated carbocycles. The fourth-order valence-electron chi connectivity index (χ4n) is 2.05. The SMILES string of the molecule is O=C(O)Cc1ccc(C#CCCNC(=O)OCc2ccccc2)cc1. The molecule has 2 aromatic carbocycles. The minimum atomic E-state index is -0.857. The molecule has 0 radical (unpaired) electrons. The van der Waals surface area contributed by atoms with Crippen molar-refractivity contribution in [2.24, 2.45) is 0 Å². The van der Waals surface area contributed by atoms with Crippen LogP contribution in [0.3, 0.4) is 0 Å². The number of carbonyl (C=O) groups excluding carboxylic acids is 1. The van der Waals surface area contributed by atoms with Gasteiger partial charge in [-0.1, -0.05) is 54.3 Å². The van der Waals surface area contributed by atoms with Crippen LogP contribution in [0.4, 0.5) is 4.79 Å². The van der Waals surface area contributed by atoms with Crippen molar-refractivity contribution in [2.45, 2.75) is 19.4 Å². The molecule has 0 aliphatic rings. The van der Waals surface area contributed by atoms with Crippen molar-refractivity contribution in [3.8, 4) is 11.8 Å².